The Hall–Kier alpha value is -2.44. The molecule has 0 bridgehead atoms. The highest BCUT2D eigenvalue weighted by Crippen LogP contribution is 2.19. The maximum atomic E-state index is 9.12. The molecule has 20 heavy (non-hydrogen) atoms. The fourth-order valence-corrected chi connectivity index (χ4v) is 1.83. The van der Waals surface area contributed by atoms with Gasteiger partial charge in [-0.05, 0) is 29.7 Å². The molecule has 1 heterocycles. The van der Waals surface area contributed by atoms with Gasteiger partial charge in [0.05, 0.1) is 17.2 Å². The summed E-state index contributed by atoms with van der Waals surface area (Å²) in [6.07, 6.45) is 1.50. The Labute approximate surface area is 115 Å². The number of hydrogen-bond donors (Lipinski definition) is 2. The van der Waals surface area contributed by atoms with E-state index in [9.17, 15) is 0 Å². The standard InChI is InChI=1S/C14H11BN2O3/c18-15(19)10-6-7-12-13(8-10)16-9-14(17-12)20-11-4-2-1-3-5-11/h1-9,18-19H. The molecule has 5 nitrogen and oxygen atoms in total. The first-order valence-corrected chi connectivity index (χ1v) is 6.08. The molecule has 6 heteroatoms. The Morgan fingerprint density at radius 1 is 0.950 bits per heavy atom. The maximum absolute atomic E-state index is 9.12. The van der Waals surface area contributed by atoms with Gasteiger partial charge in [-0.25, -0.2) is 9.97 Å². The Bertz CT molecular complexity index is 735. The molecule has 3 rings (SSSR count). The second kappa shape index (κ2) is 5.28. The third-order valence-electron chi connectivity index (χ3n) is 2.81. The number of benzene rings is 2. The summed E-state index contributed by atoms with van der Waals surface area (Å²) < 4.78 is 5.59. The van der Waals surface area contributed by atoms with Crippen LogP contribution in [0.5, 0.6) is 11.6 Å². The molecular formula is C14H11BN2O3. The van der Waals surface area contributed by atoms with Gasteiger partial charge in [0.2, 0.25) is 5.88 Å². The van der Waals surface area contributed by atoms with Crippen LogP contribution in [0.15, 0.2) is 54.7 Å². The predicted octanol–water partition coefficient (Wildman–Crippen LogP) is 1.10. The van der Waals surface area contributed by atoms with Gasteiger partial charge in [-0.1, -0.05) is 24.3 Å². The van der Waals surface area contributed by atoms with Gasteiger partial charge in [-0.2, -0.15) is 0 Å². The summed E-state index contributed by atoms with van der Waals surface area (Å²) >= 11 is 0. The minimum absolute atomic E-state index is 0.378. The molecule has 0 amide bonds. The number of rotatable bonds is 3. The lowest BCUT2D eigenvalue weighted by molar-refractivity contribution is 0.426. The number of para-hydroxylation sites is 1. The van der Waals surface area contributed by atoms with Crippen molar-refractivity contribution in [1.82, 2.24) is 9.97 Å². The topological polar surface area (TPSA) is 75.5 Å². The van der Waals surface area contributed by atoms with Crippen molar-refractivity contribution in [1.29, 1.82) is 0 Å². The van der Waals surface area contributed by atoms with E-state index in [0.29, 0.717) is 28.1 Å². The van der Waals surface area contributed by atoms with Crippen LogP contribution in [0.1, 0.15) is 0 Å². The molecule has 0 aliphatic heterocycles. The van der Waals surface area contributed by atoms with Gasteiger partial charge in [0.1, 0.15) is 5.75 Å². The van der Waals surface area contributed by atoms with E-state index in [4.69, 9.17) is 14.8 Å². The van der Waals surface area contributed by atoms with Crippen molar-refractivity contribution in [2.24, 2.45) is 0 Å². The molecule has 0 aliphatic rings. The molecule has 3 aromatic rings. The molecule has 2 N–H and O–H groups in total. The molecule has 0 saturated heterocycles. The minimum atomic E-state index is -1.51. The zero-order chi connectivity index (χ0) is 13.9. The van der Waals surface area contributed by atoms with Crippen molar-refractivity contribution in [2.75, 3.05) is 0 Å². The molecule has 0 spiro atoms. The molecule has 98 valence electrons. The van der Waals surface area contributed by atoms with Crippen LogP contribution in [-0.4, -0.2) is 27.1 Å². The highest BCUT2D eigenvalue weighted by atomic mass is 16.5. The number of nitrogens with zero attached hydrogens (tertiary/aromatic N) is 2. The van der Waals surface area contributed by atoms with E-state index in [-0.39, 0.29) is 0 Å². The summed E-state index contributed by atoms with van der Waals surface area (Å²) in [7, 11) is -1.51. The largest absolute Gasteiger partial charge is 0.488 e. The molecule has 2 aromatic carbocycles. The Kier molecular flexibility index (Phi) is 3.33. The van der Waals surface area contributed by atoms with Gasteiger partial charge >= 0.3 is 7.12 Å². The summed E-state index contributed by atoms with van der Waals surface area (Å²) in [5.41, 5.74) is 1.59. The first-order chi connectivity index (χ1) is 9.72. The van der Waals surface area contributed by atoms with Crippen molar-refractivity contribution in [2.45, 2.75) is 0 Å². The zero-order valence-corrected chi connectivity index (χ0v) is 10.5. The average Bonchev–Trinajstić information content (AvgIpc) is 2.47. The van der Waals surface area contributed by atoms with Crippen LogP contribution in [0.2, 0.25) is 0 Å². The van der Waals surface area contributed by atoms with Crippen molar-refractivity contribution in [3.63, 3.8) is 0 Å². The number of hydrogen-bond acceptors (Lipinski definition) is 5. The Morgan fingerprint density at radius 3 is 2.50 bits per heavy atom. The van der Waals surface area contributed by atoms with Gasteiger partial charge in [-0.15, -0.1) is 0 Å². The van der Waals surface area contributed by atoms with E-state index in [1.54, 1.807) is 18.2 Å². The van der Waals surface area contributed by atoms with Gasteiger partial charge in [-0.3, -0.25) is 0 Å². The van der Waals surface area contributed by atoms with E-state index >= 15 is 0 Å². The summed E-state index contributed by atoms with van der Waals surface area (Å²) in [5.74, 6) is 1.07. The van der Waals surface area contributed by atoms with E-state index in [0.717, 1.165) is 0 Å². The third kappa shape index (κ3) is 2.61. The lowest BCUT2D eigenvalue weighted by Crippen LogP contribution is -2.29. The molecular weight excluding hydrogens is 255 g/mol. The van der Waals surface area contributed by atoms with Crippen LogP contribution in [0.25, 0.3) is 11.0 Å². The molecule has 0 atom stereocenters. The fraction of sp³-hybridized carbons (Fsp3) is 0. The van der Waals surface area contributed by atoms with E-state index in [1.807, 2.05) is 30.3 Å². The van der Waals surface area contributed by atoms with Crippen LogP contribution >= 0.6 is 0 Å². The van der Waals surface area contributed by atoms with Crippen LogP contribution in [0.4, 0.5) is 0 Å². The molecule has 1 aromatic heterocycles. The number of ether oxygens (including phenoxy) is 1. The smallest absolute Gasteiger partial charge is 0.437 e. The molecule has 0 unspecified atom stereocenters. The highest BCUT2D eigenvalue weighted by molar-refractivity contribution is 6.58. The van der Waals surface area contributed by atoms with Crippen LogP contribution < -0.4 is 10.2 Å². The summed E-state index contributed by atoms with van der Waals surface area (Å²) in [5, 5.41) is 18.2. The maximum Gasteiger partial charge on any atom is 0.488 e. The third-order valence-corrected chi connectivity index (χ3v) is 2.81. The van der Waals surface area contributed by atoms with E-state index in [2.05, 4.69) is 9.97 Å². The van der Waals surface area contributed by atoms with E-state index < -0.39 is 7.12 Å². The fourth-order valence-electron chi connectivity index (χ4n) is 1.83. The monoisotopic (exact) mass is 266 g/mol. The Balaban J connectivity index is 1.93. The number of fused-ring (bicyclic) bond motifs is 1. The quantitative estimate of drug-likeness (QED) is 0.694. The normalized spacial score (nSPS) is 10.5. The van der Waals surface area contributed by atoms with Crippen LogP contribution in [0, 0.1) is 0 Å². The summed E-state index contributed by atoms with van der Waals surface area (Å²) in [6.45, 7) is 0. The van der Waals surface area contributed by atoms with Crippen molar-refractivity contribution in [3.8, 4) is 11.6 Å². The van der Waals surface area contributed by atoms with Crippen molar-refractivity contribution < 1.29 is 14.8 Å². The summed E-state index contributed by atoms with van der Waals surface area (Å²) in [6, 6.07) is 14.2. The molecule has 0 saturated carbocycles. The molecule has 0 aliphatic carbocycles. The first-order valence-electron chi connectivity index (χ1n) is 6.08. The lowest BCUT2D eigenvalue weighted by atomic mass is 9.80. The highest BCUT2D eigenvalue weighted by Gasteiger charge is 2.12. The molecule has 0 fully saturated rings. The van der Waals surface area contributed by atoms with Crippen LogP contribution in [-0.2, 0) is 0 Å². The zero-order valence-electron chi connectivity index (χ0n) is 10.5. The Morgan fingerprint density at radius 2 is 1.75 bits per heavy atom. The first kappa shape index (κ1) is 12.6. The van der Waals surface area contributed by atoms with Gasteiger partial charge in [0.15, 0.2) is 0 Å². The van der Waals surface area contributed by atoms with E-state index in [1.165, 1.54) is 6.20 Å². The van der Waals surface area contributed by atoms with Gasteiger partial charge in [0, 0.05) is 0 Å². The van der Waals surface area contributed by atoms with Gasteiger partial charge in [0.25, 0.3) is 0 Å². The summed E-state index contributed by atoms with van der Waals surface area (Å²) in [4.78, 5) is 8.53. The lowest BCUT2D eigenvalue weighted by Gasteiger charge is -2.06. The van der Waals surface area contributed by atoms with Crippen LogP contribution in [0.3, 0.4) is 0 Å². The molecule has 0 radical (unpaired) electrons. The predicted molar refractivity (Wildman–Crippen MR) is 75.9 cm³/mol. The number of aromatic nitrogens is 2. The van der Waals surface area contributed by atoms with Gasteiger partial charge < -0.3 is 14.8 Å². The average molecular weight is 266 g/mol. The van der Waals surface area contributed by atoms with Crippen molar-refractivity contribution >= 4 is 23.6 Å². The van der Waals surface area contributed by atoms with Crippen molar-refractivity contribution in [3.05, 3.63) is 54.7 Å². The second-order valence-electron chi connectivity index (χ2n) is 4.25. The second-order valence-corrected chi connectivity index (χ2v) is 4.25. The SMILES string of the molecule is OB(O)c1ccc2nc(Oc3ccccc3)cnc2c1. The minimum Gasteiger partial charge on any atom is -0.437 e.